The largest absolute Gasteiger partial charge is 0.289 e. The van der Waals surface area contributed by atoms with E-state index in [1.807, 2.05) is 0 Å². The van der Waals surface area contributed by atoms with Gasteiger partial charge in [0, 0.05) is 6.04 Å². The summed E-state index contributed by atoms with van der Waals surface area (Å²) in [6.07, 6.45) is 9.16. The number of terminal acetylenes is 1. The summed E-state index contributed by atoms with van der Waals surface area (Å²) in [5, 5.41) is 0. The molecule has 0 radical (unpaired) electrons. The summed E-state index contributed by atoms with van der Waals surface area (Å²) in [5.74, 6) is 2.70. The zero-order chi connectivity index (χ0) is 7.40. The molecule has 1 aliphatic rings. The predicted molar refractivity (Wildman–Crippen MR) is 43.7 cm³/mol. The van der Waals surface area contributed by atoms with Crippen LogP contribution in [0.25, 0.3) is 0 Å². The highest BCUT2D eigenvalue weighted by Gasteiger charge is 2.20. The first-order chi connectivity index (χ1) is 4.88. The van der Waals surface area contributed by atoms with Gasteiger partial charge in [-0.2, -0.15) is 0 Å². The first-order valence-electron chi connectivity index (χ1n) is 4.06. The van der Waals surface area contributed by atoms with E-state index < -0.39 is 0 Å². The smallest absolute Gasteiger partial charge is 0.0601 e. The minimum Gasteiger partial charge on any atom is -0.289 e. The number of hydrogen-bond donors (Lipinski definition) is 0. The van der Waals surface area contributed by atoms with Gasteiger partial charge < -0.3 is 0 Å². The van der Waals surface area contributed by atoms with E-state index in [4.69, 9.17) is 6.42 Å². The monoisotopic (exact) mass is 137 g/mol. The Morgan fingerprint density at radius 2 is 2.50 bits per heavy atom. The highest BCUT2D eigenvalue weighted by atomic mass is 15.2. The highest BCUT2D eigenvalue weighted by molar-refractivity contribution is 4.92. The van der Waals surface area contributed by atoms with Crippen LogP contribution in [0, 0.1) is 12.3 Å². The van der Waals surface area contributed by atoms with Crippen LogP contribution >= 0.6 is 0 Å². The molecule has 1 heteroatoms. The molecule has 0 aromatic rings. The first-order valence-corrected chi connectivity index (χ1v) is 4.06. The maximum Gasteiger partial charge on any atom is 0.0601 e. The zero-order valence-corrected chi connectivity index (χ0v) is 6.64. The molecular formula is C9H15N. The molecule has 0 bridgehead atoms. The van der Waals surface area contributed by atoms with Crippen LogP contribution < -0.4 is 0 Å². The molecule has 1 nitrogen and oxygen atoms in total. The molecule has 1 aliphatic heterocycles. The summed E-state index contributed by atoms with van der Waals surface area (Å²) >= 11 is 0. The van der Waals surface area contributed by atoms with Crippen molar-refractivity contribution in [3.63, 3.8) is 0 Å². The average molecular weight is 137 g/mol. The second kappa shape index (κ2) is 3.63. The second-order valence-electron chi connectivity index (χ2n) is 2.88. The van der Waals surface area contributed by atoms with Gasteiger partial charge in [-0.05, 0) is 25.8 Å². The maximum absolute atomic E-state index is 5.23. The van der Waals surface area contributed by atoms with Gasteiger partial charge in [0.15, 0.2) is 0 Å². The summed E-state index contributed by atoms with van der Waals surface area (Å²) in [7, 11) is 0. The first kappa shape index (κ1) is 7.63. The Bertz CT molecular complexity index is 134. The number of hydrogen-bond acceptors (Lipinski definition) is 1. The Labute approximate surface area is 63.4 Å². The van der Waals surface area contributed by atoms with Crippen molar-refractivity contribution in [3.05, 3.63) is 0 Å². The third-order valence-electron chi connectivity index (χ3n) is 2.26. The lowest BCUT2D eigenvalue weighted by Crippen LogP contribution is -2.28. The number of nitrogens with zero attached hydrogens (tertiary/aromatic N) is 1. The van der Waals surface area contributed by atoms with Crippen LogP contribution in [0.3, 0.4) is 0 Å². The van der Waals surface area contributed by atoms with Crippen molar-refractivity contribution in [1.82, 2.24) is 4.90 Å². The SMILES string of the molecule is C#CCN1CCCC1CC. The van der Waals surface area contributed by atoms with Crippen molar-refractivity contribution < 1.29 is 0 Å². The predicted octanol–water partition coefficient (Wildman–Crippen LogP) is 1.49. The van der Waals surface area contributed by atoms with Crippen molar-refractivity contribution in [3.8, 4) is 12.3 Å². The summed E-state index contributed by atoms with van der Waals surface area (Å²) in [6, 6.07) is 0.774. The minimum atomic E-state index is 0.774. The van der Waals surface area contributed by atoms with Gasteiger partial charge in [-0.25, -0.2) is 0 Å². The molecular weight excluding hydrogens is 122 g/mol. The molecule has 0 aromatic heterocycles. The van der Waals surface area contributed by atoms with Crippen molar-refractivity contribution >= 4 is 0 Å². The Morgan fingerprint density at radius 1 is 1.70 bits per heavy atom. The van der Waals surface area contributed by atoms with Gasteiger partial charge in [-0.15, -0.1) is 6.42 Å². The van der Waals surface area contributed by atoms with E-state index in [2.05, 4.69) is 17.7 Å². The molecule has 1 atom stereocenters. The van der Waals surface area contributed by atoms with Crippen LogP contribution in [0.15, 0.2) is 0 Å². The quantitative estimate of drug-likeness (QED) is 0.521. The van der Waals surface area contributed by atoms with E-state index >= 15 is 0 Å². The van der Waals surface area contributed by atoms with Crippen molar-refractivity contribution in [2.45, 2.75) is 32.2 Å². The zero-order valence-electron chi connectivity index (χ0n) is 6.64. The van der Waals surface area contributed by atoms with Crippen LogP contribution in [-0.4, -0.2) is 24.0 Å². The van der Waals surface area contributed by atoms with Crippen LogP contribution in [0.1, 0.15) is 26.2 Å². The van der Waals surface area contributed by atoms with Gasteiger partial charge in [0.2, 0.25) is 0 Å². The second-order valence-corrected chi connectivity index (χ2v) is 2.88. The van der Waals surface area contributed by atoms with E-state index in [0.717, 1.165) is 12.6 Å². The maximum atomic E-state index is 5.23. The fraction of sp³-hybridized carbons (Fsp3) is 0.778. The highest BCUT2D eigenvalue weighted by Crippen LogP contribution is 2.18. The Balaban J connectivity index is 2.36. The topological polar surface area (TPSA) is 3.24 Å². The molecule has 1 heterocycles. The summed E-state index contributed by atoms with van der Waals surface area (Å²) in [5.41, 5.74) is 0. The Kier molecular flexibility index (Phi) is 2.77. The molecule has 1 unspecified atom stereocenters. The average Bonchev–Trinajstić information content (AvgIpc) is 2.36. The molecule has 1 rings (SSSR count). The third kappa shape index (κ3) is 1.52. The molecule has 10 heavy (non-hydrogen) atoms. The summed E-state index contributed by atoms with van der Waals surface area (Å²) < 4.78 is 0. The van der Waals surface area contributed by atoms with E-state index in [9.17, 15) is 0 Å². The molecule has 0 N–H and O–H groups in total. The Hall–Kier alpha value is -0.480. The van der Waals surface area contributed by atoms with Crippen molar-refractivity contribution in [2.75, 3.05) is 13.1 Å². The van der Waals surface area contributed by atoms with Gasteiger partial charge >= 0.3 is 0 Å². The standard InChI is InChI=1S/C9H15N/c1-3-7-10-8-5-6-9(10)4-2/h1,9H,4-8H2,2H3. The lowest BCUT2D eigenvalue weighted by molar-refractivity contribution is 0.279. The molecule has 1 saturated heterocycles. The summed E-state index contributed by atoms with van der Waals surface area (Å²) in [4.78, 5) is 2.40. The van der Waals surface area contributed by atoms with Crippen molar-refractivity contribution in [1.29, 1.82) is 0 Å². The normalized spacial score (nSPS) is 26.6. The molecule has 0 aliphatic carbocycles. The summed E-state index contributed by atoms with van der Waals surface area (Å²) in [6.45, 7) is 4.29. The third-order valence-corrected chi connectivity index (χ3v) is 2.26. The number of rotatable bonds is 2. The van der Waals surface area contributed by atoms with Crippen LogP contribution in [0.4, 0.5) is 0 Å². The van der Waals surface area contributed by atoms with Gasteiger partial charge in [0.05, 0.1) is 6.54 Å². The lowest BCUT2D eigenvalue weighted by Gasteiger charge is -2.19. The molecule has 0 aromatic carbocycles. The molecule has 1 fully saturated rings. The van der Waals surface area contributed by atoms with Gasteiger partial charge in [0.25, 0.3) is 0 Å². The van der Waals surface area contributed by atoms with E-state index in [-0.39, 0.29) is 0 Å². The van der Waals surface area contributed by atoms with E-state index in [1.54, 1.807) is 0 Å². The lowest BCUT2D eigenvalue weighted by atomic mass is 10.2. The minimum absolute atomic E-state index is 0.774. The number of likely N-dealkylation sites (tertiary alicyclic amines) is 1. The molecule has 56 valence electrons. The van der Waals surface area contributed by atoms with Gasteiger partial charge in [0.1, 0.15) is 0 Å². The molecule has 0 amide bonds. The van der Waals surface area contributed by atoms with Crippen molar-refractivity contribution in [2.24, 2.45) is 0 Å². The van der Waals surface area contributed by atoms with Gasteiger partial charge in [-0.1, -0.05) is 12.8 Å². The fourth-order valence-electron chi connectivity index (χ4n) is 1.68. The molecule has 0 saturated carbocycles. The van der Waals surface area contributed by atoms with Gasteiger partial charge in [-0.3, -0.25) is 4.90 Å². The molecule has 0 spiro atoms. The van der Waals surface area contributed by atoms with E-state index in [1.165, 1.54) is 25.8 Å². The van der Waals surface area contributed by atoms with E-state index in [0.29, 0.717) is 0 Å². The Morgan fingerprint density at radius 3 is 3.10 bits per heavy atom. The fourth-order valence-corrected chi connectivity index (χ4v) is 1.68. The van der Waals surface area contributed by atoms with Crippen LogP contribution in [0.2, 0.25) is 0 Å². The van der Waals surface area contributed by atoms with Crippen LogP contribution in [-0.2, 0) is 0 Å². The van der Waals surface area contributed by atoms with Crippen LogP contribution in [0.5, 0.6) is 0 Å².